The van der Waals surface area contributed by atoms with Crippen molar-refractivity contribution < 1.29 is 22.7 Å². The molecular weight excluding hydrogens is 263 g/mol. The van der Waals surface area contributed by atoms with E-state index in [-0.39, 0.29) is 5.69 Å². The summed E-state index contributed by atoms with van der Waals surface area (Å²) in [6.07, 6.45) is -1.76. The molecule has 0 radical (unpaired) electrons. The van der Waals surface area contributed by atoms with Crippen LogP contribution in [0.1, 0.15) is 18.3 Å². The van der Waals surface area contributed by atoms with Gasteiger partial charge in [-0.2, -0.15) is 13.2 Å². The number of carbonyl (C=O) groups is 1. The van der Waals surface area contributed by atoms with E-state index in [0.717, 1.165) is 7.11 Å². The van der Waals surface area contributed by atoms with E-state index in [4.69, 9.17) is 0 Å². The summed E-state index contributed by atoms with van der Waals surface area (Å²) in [5.74, 6) is -0.861. The zero-order valence-electron chi connectivity index (χ0n) is 10.7. The summed E-state index contributed by atoms with van der Waals surface area (Å²) in [5, 5.41) is 2.14. The molecule has 5 nitrogen and oxygen atoms in total. The number of nitrogens with one attached hydrogen (secondary N) is 1. The Bertz CT molecular complexity index is 465. The van der Waals surface area contributed by atoms with Crippen molar-refractivity contribution in [2.24, 2.45) is 0 Å². The van der Waals surface area contributed by atoms with Gasteiger partial charge in [-0.15, -0.1) is 0 Å². The zero-order valence-corrected chi connectivity index (χ0v) is 10.7. The van der Waals surface area contributed by atoms with Crippen molar-refractivity contribution >= 4 is 5.97 Å². The maximum absolute atomic E-state index is 12.3. The van der Waals surface area contributed by atoms with Gasteiger partial charge < -0.3 is 4.74 Å². The number of rotatable bonds is 4. The highest BCUT2D eigenvalue weighted by atomic mass is 19.4. The van der Waals surface area contributed by atoms with Gasteiger partial charge in [-0.05, 0) is 13.8 Å². The first-order valence-electron chi connectivity index (χ1n) is 5.39. The number of halogens is 3. The fraction of sp³-hybridized carbons (Fsp3) is 0.545. The van der Waals surface area contributed by atoms with E-state index in [1.165, 1.54) is 19.3 Å². The van der Waals surface area contributed by atoms with Gasteiger partial charge in [-0.1, -0.05) is 0 Å². The summed E-state index contributed by atoms with van der Waals surface area (Å²) in [5.41, 5.74) is -1.25. The molecule has 0 aliphatic heterocycles. The molecule has 106 valence electrons. The first kappa shape index (κ1) is 15.4. The number of aromatic nitrogens is 2. The van der Waals surface area contributed by atoms with E-state index >= 15 is 0 Å². The highest BCUT2D eigenvalue weighted by Crippen LogP contribution is 2.24. The number of esters is 1. The van der Waals surface area contributed by atoms with Crippen LogP contribution < -0.4 is 5.32 Å². The molecule has 0 amide bonds. The van der Waals surface area contributed by atoms with Crippen LogP contribution in [-0.4, -0.2) is 35.8 Å². The Kier molecular flexibility index (Phi) is 4.46. The largest absolute Gasteiger partial charge is 0.467 e. The predicted molar refractivity (Wildman–Crippen MR) is 60.2 cm³/mol. The summed E-state index contributed by atoms with van der Waals surface area (Å²) in [6, 6.07) is 0. The smallest absolute Gasteiger partial charge is 0.401 e. The molecule has 0 aliphatic carbocycles. The molecule has 0 saturated heterocycles. The third-order valence-corrected chi connectivity index (χ3v) is 2.59. The normalized spacial score (nSPS) is 14.8. The molecule has 1 heterocycles. The highest BCUT2D eigenvalue weighted by Gasteiger charge is 2.42. The van der Waals surface area contributed by atoms with Gasteiger partial charge in [0.25, 0.3) is 0 Å². The van der Waals surface area contributed by atoms with E-state index in [2.05, 4.69) is 20.0 Å². The number of hydrogen-bond acceptors (Lipinski definition) is 5. The SMILES string of the molecule is COC(=O)C(C)(NCC(F)(F)F)c1nccnc1C. The van der Waals surface area contributed by atoms with E-state index in [1.54, 1.807) is 6.92 Å². The van der Waals surface area contributed by atoms with Crippen LogP contribution in [0.25, 0.3) is 0 Å². The first-order valence-corrected chi connectivity index (χ1v) is 5.39. The molecule has 1 N–H and O–H groups in total. The Hall–Kier alpha value is -1.70. The lowest BCUT2D eigenvalue weighted by atomic mass is 9.95. The molecule has 1 aromatic rings. The number of methoxy groups -OCH3 is 1. The van der Waals surface area contributed by atoms with Gasteiger partial charge in [0.1, 0.15) is 0 Å². The Labute approximate surface area is 108 Å². The molecule has 1 unspecified atom stereocenters. The second kappa shape index (κ2) is 5.52. The molecule has 0 aromatic carbocycles. The van der Waals surface area contributed by atoms with Crippen molar-refractivity contribution in [2.75, 3.05) is 13.7 Å². The molecule has 0 spiro atoms. The highest BCUT2D eigenvalue weighted by molar-refractivity contribution is 5.81. The van der Waals surface area contributed by atoms with Crippen molar-refractivity contribution in [1.82, 2.24) is 15.3 Å². The molecule has 8 heteroatoms. The van der Waals surface area contributed by atoms with E-state index in [9.17, 15) is 18.0 Å². The Morgan fingerprint density at radius 1 is 1.37 bits per heavy atom. The molecule has 0 bridgehead atoms. The summed E-state index contributed by atoms with van der Waals surface area (Å²) in [4.78, 5) is 19.6. The standard InChI is InChI=1S/C11H14F3N3O2/c1-7-8(16-5-4-15-7)10(2,9(18)19-3)17-6-11(12,13)14/h4-5,17H,6H2,1-3H3. The maximum atomic E-state index is 12.3. The summed E-state index contributed by atoms with van der Waals surface area (Å²) >= 11 is 0. The molecule has 1 atom stereocenters. The van der Waals surface area contributed by atoms with Gasteiger partial charge in [0.15, 0.2) is 5.54 Å². The van der Waals surface area contributed by atoms with Crippen molar-refractivity contribution in [1.29, 1.82) is 0 Å². The summed E-state index contributed by atoms with van der Waals surface area (Å²) in [7, 11) is 1.10. The zero-order chi connectivity index (χ0) is 14.7. The van der Waals surface area contributed by atoms with Crippen LogP contribution >= 0.6 is 0 Å². The van der Waals surface area contributed by atoms with Gasteiger partial charge in [0, 0.05) is 12.4 Å². The van der Waals surface area contributed by atoms with Crippen LogP contribution in [0.4, 0.5) is 13.2 Å². The number of nitrogens with zero attached hydrogens (tertiary/aromatic N) is 2. The van der Waals surface area contributed by atoms with Gasteiger partial charge in [0.05, 0.1) is 25.0 Å². The third kappa shape index (κ3) is 3.63. The minimum atomic E-state index is -4.45. The quantitative estimate of drug-likeness (QED) is 0.841. The number of carbonyl (C=O) groups excluding carboxylic acids is 1. The van der Waals surface area contributed by atoms with Gasteiger partial charge in [-0.25, -0.2) is 4.79 Å². The molecule has 0 aliphatic rings. The molecule has 0 fully saturated rings. The molecular formula is C11H14F3N3O2. The molecule has 1 rings (SSSR count). The van der Waals surface area contributed by atoms with Crippen molar-refractivity contribution in [3.63, 3.8) is 0 Å². The van der Waals surface area contributed by atoms with E-state index in [0.29, 0.717) is 5.69 Å². The molecule has 1 aromatic heterocycles. The molecule has 0 saturated carbocycles. The van der Waals surface area contributed by atoms with Crippen LogP contribution in [0, 0.1) is 6.92 Å². The minimum Gasteiger partial charge on any atom is -0.467 e. The monoisotopic (exact) mass is 277 g/mol. The third-order valence-electron chi connectivity index (χ3n) is 2.59. The predicted octanol–water partition coefficient (Wildman–Crippen LogP) is 1.33. The second-order valence-electron chi connectivity index (χ2n) is 4.08. The minimum absolute atomic E-state index is 0.103. The average molecular weight is 277 g/mol. The van der Waals surface area contributed by atoms with E-state index in [1.807, 2.05) is 0 Å². The Morgan fingerprint density at radius 2 is 1.95 bits per heavy atom. The number of aryl methyl sites for hydroxylation is 1. The van der Waals surface area contributed by atoms with Crippen molar-refractivity contribution in [3.8, 4) is 0 Å². The lowest BCUT2D eigenvalue weighted by Gasteiger charge is -2.28. The van der Waals surface area contributed by atoms with Gasteiger partial charge in [-0.3, -0.25) is 15.3 Å². The van der Waals surface area contributed by atoms with Crippen LogP contribution in [0.3, 0.4) is 0 Å². The van der Waals surface area contributed by atoms with Gasteiger partial charge in [0.2, 0.25) is 0 Å². The van der Waals surface area contributed by atoms with Crippen molar-refractivity contribution in [2.45, 2.75) is 25.6 Å². The van der Waals surface area contributed by atoms with Crippen LogP contribution in [0.15, 0.2) is 12.4 Å². The van der Waals surface area contributed by atoms with Crippen LogP contribution in [-0.2, 0) is 15.1 Å². The van der Waals surface area contributed by atoms with Crippen LogP contribution in [0.5, 0.6) is 0 Å². The number of hydrogen-bond donors (Lipinski definition) is 1. The number of alkyl halides is 3. The Morgan fingerprint density at radius 3 is 2.42 bits per heavy atom. The lowest BCUT2D eigenvalue weighted by Crippen LogP contribution is -2.51. The fourth-order valence-electron chi connectivity index (χ4n) is 1.63. The average Bonchev–Trinajstić information content (AvgIpc) is 2.34. The molecule has 19 heavy (non-hydrogen) atoms. The van der Waals surface area contributed by atoms with E-state index < -0.39 is 24.2 Å². The lowest BCUT2D eigenvalue weighted by molar-refractivity contribution is -0.153. The van der Waals surface area contributed by atoms with Gasteiger partial charge >= 0.3 is 12.1 Å². The van der Waals surface area contributed by atoms with Crippen LogP contribution in [0.2, 0.25) is 0 Å². The second-order valence-corrected chi connectivity index (χ2v) is 4.08. The maximum Gasteiger partial charge on any atom is 0.401 e. The number of ether oxygens (including phenoxy) is 1. The van der Waals surface area contributed by atoms with Crippen molar-refractivity contribution in [3.05, 3.63) is 23.8 Å². The summed E-state index contributed by atoms with van der Waals surface area (Å²) in [6.45, 7) is 1.50. The topological polar surface area (TPSA) is 64.1 Å². The first-order chi connectivity index (χ1) is 8.70. The summed E-state index contributed by atoms with van der Waals surface area (Å²) < 4.78 is 41.5. The Balaban J connectivity index is 3.14. The fourth-order valence-corrected chi connectivity index (χ4v) is 1.63.